The van der Waals surface area contributed by atoms with E-state index in [0.717, 1.165) is 20.6 Å². The maximum absolute atomic E-state index is 6.16. The third-order valence-corrected chi connectivity index (χ3v) is 3.45. The zero-order chi connectivity index (χ0) is 12.4. The van der Waals surface area contributed by atoms with Crippen LogP contribution in [0.5, 0.6) is 0 Å². The van der Waals surface area contributed by atoms with Crippen molar-refractivity contribution >= 4 is 27.5 Å². The lowest BCUT2D eigenvalue weighted by atomic mass is 10.0. The molecule has 0 fully saturated rings. The lowest BCUT2D eigenvalue weighted by molar-refractivity contribution is 0.717. The molecule has 1 aromatic heterocycles. The molecule has 5 heteroatoms. The van der Waals surface area contributed by atoms with Crippen LogP contribution in [0.15, 0.2) is 35.1 Å². The molecule has 0 bridgehead atoms. The molecule has 0 spiro atoms. The van der Waals surface area contributed by atoms with E-state index >= 15 is 0 Å². The molecule has 0 aliphatic carbocycles. The topological polar surface area (TPSA) is 43.8 Å². The Labute approximate surface area is 114 Å². The van der Waals surface area contributed by atoms with Crippen LogP contribution >= 0.6 is 27.5 Å². The van der Waals surface area contributed by atoms with Gasteiger partial charge in [-0.2, -0.15) is 5.10 Å². The number of hydrogen-bond donors (Lipinski definition) is 1. The van der Waals surface area contributed by atoms with Crippen molar-refractivity contribution in [2.75, 3.05) is 0 Å². The molecule has 2 N–H and O–H groups in total. The van der Waals surface area contributed by atoms with E-state index in [0.29, 0.717) is 6.42 Å². The summed E-state index contributed by atoms with van der Waals surface area (Å²) in [4.78, 5) is 0. The second kappa shape index (κ2) is 5.21. The molecule has 0 aliphatic heterocycles. The first kappa shape index (κ1) is 12.6. The molecule has 90 valence electrons. The Hall–Kier alpha value is -0.840. The van der Waals surface area contributed by atoms with Crippen molar-refractivity contribution in [3.8, 4) is 0 Å². The van der Waals surface area contributed by atoms with E-state index in [1.54, 1.807) is 10.9 Å². The minimum atomic E-state index is -0.0811. The summed E-state index contributed by atoms with van der Waals surface area (Å²) in [5.41, 5.74) is 8.19. The number of halogens is 2. The molecule has 0 saturated heterocycles. The van der Waals surface area contributed by atoms with Gasteiger partial charge in [0.05, 0.1) is 6.20 Å². The second-order valence-electron chi connectivity index (χ2n) is 3.99. The van der Waals surface area contributed by atoms with Crippen molar-refractivity contribution in [1.82, 2.24) is 9.78 Å². The fourth-order valence-electron chi connectivity index (χ4n) is 1.67. The maximum atomic E-state index is 6.16. The zero-order valence-corrected chi connectivity index (χ0v) is 11.7. The van der Waals surface area contributed by atoms with E-state index in [4.69, 9.17) is 17.3 Å². The van der Waals surface area contributed by atoms with E-state index in [-0.39, 0.29) is 6.04 Å². The van der Waals surface area contributed by atoms with Gasteiger partial charge in [-0.25, -0.2) is 0 Å². The summed E-state index contributed by atoms with van der Waals surface area (Å²) in [7, 11) is 1.88. The Morgan fingerprint density at radius 2 is 2.29 bits per heavy atom. The highest BCUT2D eigenvalue weighted by Gasteiger charge is 2.11. The Morgan fingerprint density at radius 3 is 2.88 bits per heavy atom. The van der Waals surface area contributed by atoms with Gasteiger partial charge >= 0.3 is 0 Å². The number of aryl methyl sites for hydroxylation is 1. The number of nitrogens with zero attached hydrogens (tertiary/aromatic N) is 2. The fourth-order valence-corrected chi connectivity index (χ4v) is 2.42. The van der Waals surface area contributed by atoms with Gasteiger partial charge < -0.3 is 5.73 Å². The van der Waals surface area contributed by atoms with Crippen molar-refractivity contribution in [2.24, 2.45) is 12.8 Å². The van der Waals surface area contributed by atoms with Crippen LogP contribution in [0, 0.1) is 0 Å². The first-order valence-electron chi connectivity index (χ1n) is 5.24. The molecule has 0 amide bonds. The smallest absolute Gasteiger partial charge is 0.0537 e. The largest absolute Gasteiger partial charge is 0.324 e. The van der Waals surface area contributed by atoms with Crippen molar-refractivity contribution in [3.63, 3.8) is 0 Å². The number of rotatable bonds is 3. The molecule has 1 aromatic carbocycles. The molecule has 3 nitrogen and oxygen atoms in total. The van der Waals surface area contributed by atoms with Crippen LogP contribution in [0.25, 0.3) is 0 Å². The van der Waals surface area contributed by atoms with Gasteiger partial charge in [0.25, 0.3) is 0 Å². The predicted molar refractivity (Wildman–Crippen MR) is 73.0 cm³/mol. The zero-order valence-electron chi connectivity index (χ0n) is 9.40. The quantitative estimate of drug-likeness (QED) is 0.946. The lowest BCUT2D eigenvalue weighted by Crippen LogP contribution is -2.12. The van der Waals surface area contributed by atoms with E-state index in [9.17, 15) is 0 Å². The van der Waals surface area contributed by atoms with Crippen LogP contribution in [0.3, 0.4) is 0 Å². The average Bonchev–Trinajstić information content (AvgIpc) is 2.69. The SMILES string of the molecule is Cn1cc(C(N)Cc2ccc(Br)cc2Cl)cn1. The normalized spacial score (nSPS) is 12.7. The number of hydrogen-bond acceptors (Lipinski definition) is 2. The molecule has 0 radical (unpaired) electrons. The van der Waals surface area contributed by atoms with Crippen LogP contribution in [-0.2, 0) is 13.5 Å². The number of aromatic nitrogens is 2. The van der Waals surface area contributed by atoms with Gasteiger partial charge in [0.1, 0.15) is 0 Å². The summed E-state index contributed by atoms with van der Waals surface area (Å²) in [6.45, 7) is 0. The van der Waals surface area contributed by atoms with Gasteiger partial charge in [-0.3, -0.25) is 4.68 Å². The van der Waals surface area contributed by atoms with Crippen molar-refractivity contribution in [3.05, 3.63) is 51.2 Å². The Bertz CT molecular complexity index is 524. The molecule has 1 heterocycles. The molecule has 0 saturated carbocycles. The highest BCUT2D eigenvalue weighted by atomic mass is 79.9. The first-order valence-corrected chi connectivity index (χ1v) is 6.41. The van der Waals surface area contributed by atoms with Crippen LogP contribution < -0.4 is 5.73 Å². The third-order valence-electron chi connectivity index (χ3n) is 2.61. The van der Waals surface area contributed by atoms with Gasteiger partial charge in [-0.05, 0) is 24.1 Å². The number of benzene rings is 1. The lowest BCUT2D eigenvalue weighted by Gasteiger charge is -2.11. The third kappa shape index (κ3) is 3.09. The first-order chi connectivity index (χ1) is 8.06. The second-order valence-corrected chi connectivity index (χ2v) is 5.32. The summed E-state index contributed by atoms with van der Waals surface area (Å²) < 4.78 is 2.72. The molecule has 1 unspecified atom stereocenters. The highest BCUT2D eigenvalue weighted by molar-refractivity contribution is 9.10. The summed E-state index contributed by atoms with van der Waals surface area (Å²) in [6, 6.07) is 5.76. The number of nitrogens with two attached hydrogens (primary N) is 1. The standard InChI is InChI=1S/C12H13BrClN3/c1-17-7-9(6-16-17)12(15)4-8-2-3-10(13)5-11(8)14/h2-3,5-7,12H,4,15H2,1H3. The van der Waals surface area contributed by atoms with Gasteiger partial charge in [-0.15, -0.1) is 0 Å². The summed E-state index contributed by atoms with van der Waals surface area (Å²) in [5.74, 6) is 0. The summed E-state index contributed by atoms with van der Waals surface area (Å²) >= 11 is 9.54. The summed E-state index contributed by atoms with van der Waals surface area (Å²) in [5, 5.41) is 4.85. The van der Waals surface area contributed by atoms with E-state index in [2.05, 4.69) is 21.0 Å². The molecular weight excluding hydrogens is 302 g/mol. The summed E-state index contributed by atoms with van der Waals surface area (Å²) in [6.07, 6.45) is 4.42. The van der Waals surface area contributed by atoms with Gasteiger partial charge in [0.2, 0.25) is 0 Å². The van der Waals surface area contributed by atoms with E-state index in [1.807, 2.05) is 31.4 Å². The minimum Gasteiger partial charge on any atom is -0.324 e. The maximum Gasteiger partial charge on any atom is 0.0537 e. The van der Waals surface area contributed by atoms with Crippen LogP contribution in [0.2, 0.25) is 5.02 Å². The van der Waals surface area contributed by atoms with Crippen molar-refractivity contribution in [2.45, 2.75) is 12.5 Å². The highest BCUT2D eigenvalue weighted by Crippen LogP contribution is 2.25. The molecule has 0 aliphatic rings. The van der Waals surface area contributed by atoms with Gasteiger partial charge in [0.15, 0.2) is 0 Å². The van der Waals surface area contributed by atoms with E-state index in [1.165, 1.54) is 0 Å². The molecular formula is C12H13BrClN3. The predicted octanol–water partition coefficient (Wildman–Crippen LogP) is 3.08. The minimum absolute atomic E-state index is 0.0811. The monoisotopic (exact) mass is 313 g/mol. The average molecular weight is 315 g/mol. The van der Waals surface area contributed by atoms with Crippen molar-refractivity contribution < 1.29 is 0 Å². The fraction of sp³-hybridized carbons (Fsp3) is 0.250. The Balaban J connectivity index is 2.15. The van der Waals surface area contributed by atoms with Crippen LogP contribution in [0.4, 0.5) is 0 Å². The van der Waals surface area contributed by atoms with Crippen LogP contribution in [-0.4, -0.2) is 9.78 Å². The Kier molecular flexibility index (Phi) is 3.86. The van der Waals surface area contributed by atoms with E-state index < -0.39 is 0 Å². The molecule has 2 aromatic rings. The molecule has 17 heavy (non-hydrogen) atoms. The van der Waals surface area contributed by atoms with Gasteiger partial charge in [0, 0.05) is 34.3 Å². The Morgan fingerprint density at radius 1 is 1.53 bits per heavy atom. The van der Waals surface area contributed by atoms with Crippen LogP contribution in [0.1, 0.15) is 17.2 Å². The molecule has 1 atom stereocenters. The molecule has 2 rings (SSSR count). The van der Waals surface area contributed by atoms with Gasteiger partial charge in [-0.1, -0.05) is 33.6 Å². The van der Waals surface area contributed by atoms with Crippen molar-refractivity contribution in [1.29, 1.82) is 0 Å².